The predicted octanol–water partition coefficient (Wildman–Crippen LogP) is 24.8. The molecule has 0 spiro atoms. The Morgan fingerprint density at radius 3 is 0.787 bits per heavy atom. The molecule has 0 aromatic rings. The standard InChI is InChI=1S/C89H148O17P2/c1-5-9-13-17-21-25-29-33-37-40-41-44-47-50-54-58-62-66-70-74-87(92)100-80-85(106-89(94)76-72-68-64-60-56-52-48-43-39-35-31-27-23-19-15-11-7-3)82-104-108(97,98)102-78-83(90)77-101-107(95,96)103-81-84(105-88(93)75-71-67-63-59-55-51-45-36-32-28-24-20-16-12-8-4)79-99-86(91)73-69-65-61-57-53-49-46-42-38-34-30-26-22-18-14-10-6-2/h9-11,13-15,21-23,25-27,33-39,41,44-46,49,57,61,83-85,90H,5-8,12,16-20,24,28-32,40,42-43,47-48,50-56,58-60,62-82H2,1-4H3,(H,95,96)(H,97,98)/b13-9-,14-10-,15-11-,25-21-,26-22-,27-23-,37-33-,38-34-,39-35-,44-41-,45-36-,49-46-,61-57-. The van der Waals surface area contributed by atoms with Crippen LogP contribution >= 0.6 is 15.6 Å². The highest BCUT2D eigenvalue weighted by molar-refractivity contribution is 7.47. The van der Waals surface area contributed by atoms with Crippen LogP contribution in [0.5, 0.6) is 0 Å². The number of allylic oxidation sites excluding steroid dienone is 26. The van der Waals surface area contributed by atoms with Crippen LogP contribution in [0.3, 0.4) is 0 Å². The van der Waals surface area contributed by atoms with Gasteiger partial charge in [-0.3, -0.25) is 37.3 Å². The Balaban J connectivity index is 5.45. The molecule has 0 aliphatic heterocycles. The maximum absolute atomic E-state index is 13.1. The molecule has 0 heterocycles. The van der Waals surface area contributed by atoms with E-state index in [0.717, 1.165) is 199 Å². The van der Waals surface area contributed by atoms with Gasteiger partial charge in [0.25, 0.3) is 0 Å². The van der Waals surface area contributed by atoms with Gasteiger partial charge in [-0.15, -0.1) is 0 Å². The molecule has 0 fully saturated rings. The number of ether oxygens (including phenoxy) is 4. The van der Waals surface area contributed by atoms with Crippen molar-refractivity contribution in [2.45, 2.75) is 341 Å². The molecule has 0 aromatic carbocycles. The van der Waals surface area contributed by atoms with E-state index >= 15 is 0 Å². The fourth-order valence-corrected chi connectivity index (χ4v) is 12.3. The number of unbranched alkanes of at least 4 members (excludes halogenated alkanes) is 25. The van der Waals surface area contributed by atoms with Crippen molar-refractivity contribution in [3.63, 3.8) is 0 Å². The highest BCUT2D eigenvalue weighted by atomic mass is 31.2. The van der Waals surface area contributed by atoms with Crippen LogP contribution in [0.1, 0.15) is 323 Å². The van der Waals surface area contributed by atoms with E-state index in [0.29, 0.717) is 32.1 Å². The number of aliphatic hydroxyl groups excluding tert-OH is 1. The first-order chi connectivity index (χ1) is 52.7. The third kappa shape index (κ3) is 78.8. The average molecular weight is 1550 g/mol. The Labute approximate surface area is 655 Å². The molecule has 0 saturated heterocycles. The minimum atomic E-state index is -5.00. The highest BCUT2D eigenvalue weighted by Gasteiger charge is 2.30. The molecule has 616 valence electrons. The van der Waals surface area contributed by atoms with Gasteiger partial charge in [0.1, 0.15) is 19.3 Å². The molecule has 5 atom stereocenters. The predicted molar refractivity (Wildman–Crippen MR) is 445 cm³/mol. The number of aliphatic hydroxyl groups is 1. The molecule has 17 nitrogen and oxygen atoms in total. The zero-order valence-corrected chi connectivity index (χ0v) is 69.3. The largest absolute Gasteiger partial charge is 0.472 e. The summed E-state index contributed by atoms with van der Waals surface area (Å²) in [5, 5.41) is 10.7. The Hall–Kier alpha value is -5.32. The van der Waals surface area contributed by atoms with Crippen LogP contribution in [0.2, 0.25) is 0 Å². The van der Waals surface area contributed by atoms with Gasteiger partial charge >= 0.3 is 39.5 Å². The second-order valence-corrected chi connectivity index (χ2v) is 30.2. The van der Waals surface area contributed by atoms with Crippen molar-refractivity contribution in [1.82, 2.24) is 0 Å². The molecule has 5 unspecified atom stereocenters. The van der Waals surface area contributed by atoms with E-state index in [-0.39, 0.29) is 25.7 Å². The lowest BCUT2D eigenvalue weighted by molar-refractivity contribution is -0.161. The number of esters is 4. The molecule has 3 N–H and O–H groups in total. The van der Waals surface area contributed by atoms with E-state index in [1.165, 1.54) is 38.5 Å². The van der Waals surface area contributed by atoms with Crippen molar-refractivity contribution in [2.75, 3.05) is 39.6 Å². The molecule has 0 aliphatic carbocycles. The van der Waals surface area contributed by atoms with Crippen LogP contribution in [0.25, 0.3) is 0 Å². The summed E-state index contributed by atoms with van der Waals surface area (Å²) in [6.45, 7) is 4.45. The summed E-state index contributed by atoms with van der Waals surface area (Å²) in [6, 6.07) is 0. The number of phosphoric acid groups is 2. The van der Waals surface area contributed by atoms with Crippen LogP contribution in [-0.4, -0.2) is 96.7 Å². The summed E-state index contributed by atoms with van der Waals surface area (Å²) in [5.74, 6) is -2.28. The lowest BCUT2D eigenvalue weighted by atomic mass is 10.1. The lowest BCUT2D eigenvalue weighted by Gasteiger charge is -2.21. The molecular weight excluding hydrogens is 1400 g/mol. The van der Waals surface area contributed by atoms with Crippen molar-refractivity contribution in [3.05, 3.63) is 158 Å². The monoisotopic (exact) mass is 1550 g/mol. The number of hydrogen-bond donors (Lipinski definition) is 3. The van der Waals surface area contributed by atoms with Crippen LogP contribution in [0.15, 0.2) is 158 Å². The van der Waals surface area contributed by atoms with Gasteiger partial charge in [-0.25, -0.2) is 9.13 Å². The minimum Gasteiger partial charge on any atom is -0.462 e. The second-order valence-electron chi connectivity index (χ2n) is 27.3. The van der Waals surface area contributed by atoms with E-state index in [2.05, 4.69) is 174 Å². The van der Waals surface area contributed by atoms with Gasteiger partial charge in [-0.05, 0) is 161 Å². The SMILES string of the molecule is CC/C=C\C/C=C\C/C=C\C/C=C\C/C=C\CCCC(=O)OCC(COP(=O)(O)OCC(O)COP(=O)(O)OCC(COC(=O)CCCCCCCC/C=C\C/C=C\C/C=C\C/C=C\CC)OC(=O)CCCCCCCCC/C=C\C/C=C\C/C=C\CC)OC(=O)CCCCCCC/C=C\CCCCCCCC. The third-order valence-electron chi connectivity index (χ3n) is 17.0. The number of hydrogen-bond acceptors (Lipinski definition) is 15. The zero-order valence-electron chi connectivity index (χ0n) is 67.5. The van der Waals surface area contributed by atoms with Crippen LogP contribution in [0.4, 0.5) is 0 Å². The van der Waals surface area contributed by atoms with Crippen molar-refractivity contribution in [2.24, 2.45) is 0 Å². The van der Waals surface area contributed by atoms with Gasteiger partial charge in [0.15, 0.2) is 12.2 Å². The van der Waals surface area contributed by atoms with Gasteiger partial charge in [-0.1, -0.05) is 295 Å². The van der Waals surface area contributed by atoms with Gasteiger partial charge in [0, 0.05) is 25.7 Å². The lowest BCUT2D eigenvalue weighted by Crippen LogP contribution is -2.30. The molecule has 0 aromatic heterocycles. The number of rotatable bonds is 77. The first-order valence-electron chi connectivity index (χ1n) is 41.7. The second kappa shape index (κ2) is 79.8. The maximum Gasteiger partial charge on any atom is 0.472 e. The van der Waals surface area contributed by atoms with Crippen LogP contribution < -0.4 is 0 Å². The van der Waals surface area contributed by atoms with Crippen LogP contribution in [0, 0.1) is 0 Å². The molecule has 0 aliphatic rings. The third-order valence-corrected chi connectivity index (χ3v) is 18.9. The number of carbonyl (C=O) groups excluding carboxylic acids is 4. The van der Waals surface area contributed by atoms with Gasteiger partial charge in [-0.2, -0.15) is 0 Å². The van der Waals surface area contributed by atoms with E-state index in [4.69, 9.17) is 37.0 Å². The smallest absolute Gasteiger partial charge is 0.462 e. The van der Waals surface area contributed by atoms with E-state index < -0.39 is 97.5 Å². The summed E-state index contributed by atoms with van der Waals surface area (Å²) in [7, 11) is -10.00. The fourth-order valence-electron chi connectivity index (χ4n) is 10.7. The Morgan fingerprint density at radius 1 is 0.269 bits per heavy atom. The van der Waals surface area contributed by atoms with Crippen molar-refractivity contribution >= 4 is 39.5 Å². The average Bonchev–Trinajstić information content (AvgIpc) is 0.906. The van der Waals surface area contributed by atoms with Gasteiger partial charge < -0.3 is 33.8 Å². The summed E-state index contributed by atoms with van der Waals surface area (Å²) < 4.78 is 68.7. The van der Waals surface area contributed by atoms with E-state index in [9.17, 15) is 43.2 Å². The van der Waals surface area contributed by atoms with Crippen molar-refractivity contribution < 1.29 is 80.2 Å². The van der Waals surface area contributed by atoms with E-state index in [1.54, 1.807) is 0 Å². The fraction of sp³-hybridized carbons (Fsp3) is 0.663. The molecule has 19 heteroatoms. The first kappa shape index (κ1) is 103. The quantitative estimate of drug-likeness (QED) is 0.0169. The normalized spacial score (nSPS) is 14.6. The Morgan fingerprint density at radius 2 is 0.491 bits per heavy atom. The van der Waals surface area contributed by atoms with Gasteiger partial charge in [0.05, 0.1) is 26.4 Å². The highest BCUT2D eigenvalue weighted by Crippen LogP contribution is 2.45. The number of carbonyl (C=O) groups is 4. The van der Waals surface area contributed by atoms with Crippen LogP contribution in [-0.2, 0) is 65.4 Å². The van der Waals surface area contributed by atoms with Gasteiger partial charge in [0.2, 0.25) is 0 Å². The molecular formula is C89H148O17P2. The summed E-state index contributed by atoms with van der Waals surface area (Å²) in [4.78, 5) is 73.2. The molecule has 0 saturated carbocycles. The molecule has 0 amide bonds. The topological polar surface area (TPSA) is 237 Å². The summed E-state index contributed by atoms with van der Waals surface area (Å²) in [6.07, 6.45) is 93.6. The van der Waals surface area contributed by atoms with Crippen molar-refractivity contribution in [1.29, 1.82) is 0 Å². The Kier molecular flexibility index (Phi) is 75.8. The van der Waals surface area contributed by atoms with Crippen molar-refractivity contribution in [3.8, 4) is 0 Å². The minimum absolute atomic E-state index is 0.0689. The maximum atomic E-state index is 13.1. The summed E-state index contributed by atoms with van der Waals surface area (Å²) >= 11 is 0. The Bertz CT molecular complexity index is 2660. The van der Waals surface area contributed by atoms with E-state index in [1.807, 2.05) is 12.2 Å². The first-order valence-corrected chi connectivity index (χ1v) is 44.7. The molecule has 0 rings (SSSR count). The zero-order chi connectivity index (χ0) is 78.9. The molecule has 108 heavy (non-hydrogen) atoms. The summed E-state index contributed by atoms with van der Waals surface area (Å²) in [5.41, 5.74) is 0. The number of phosphoric ester groups is 2. The molecule has 0 bridgehead atoms. The molecule has 0 radical (unpaired) electrons.